The Morgan fingerprint density at radius 1 is 0.340 bits per heavy atom. The molecular weight excluding hydrogens is 747 g/mol. The van der Waals surface area contributed by atoms with Crippen LogP contribution in [0.15, 0.2) is 117 Å². The van der Waals surface area contributed by atoms with Crippen LogP contribution in [0.2, 0.25) is 0 Å². The van der Waals surface area contributed by atoms with Crippen LogP contribution in [-0.2, 0) is 57.9 Å². The molecule has 252 valence electrons. The van der Waals surface area contributed by atoms with E-state index in [0.717, 1.165) is 0 Å². The molecule has 4 aromatic rings. The summed E-state index contributed by atoms with van der Waals surface area (Å²) in [5.41, 5.74) is 2.70. The zero-order chi connectivity index (χ0) is 33.6. The largest absolute Gasteiger partial charge is 0.507 e. The molecule has 4 N–H and O–H groups in total. The molecule has 50 heavy (non-hydrogen) atoms. The van der Waals surface area contributed by atoms with Gasteiger partial charge in [0.05, 0.1) is 48.4 Å². The van der Waals surface area contributed by atoms with Crippen molar-refractivity contribution >= 4 is 23.6 Å². The van der Waals surface area contributed by atoms with Crippen LogP contribution < -0.4 is 0 Å². The number of aromatic hydroxyl groups is 4. The van der Waals surface area contributed by atoms with Gasteiger partial charge in [0, 0.05) is 39.0 Å². The van der Waals surface area contributed by atoms with E-state index < -0.39 is 0 Å². The Morgan fingerprint density at radius 2 is 0.540 bits per heavy atom. The number of nitrogens with zero attached hydrogens (tertiary/aromatic N) is 4. The summed E-state index contributed by atoms with van der Waals surface area (Å²) >= 11 is 0. The smallest absolute Gasteiger partial charge is 0.220 e. The Kier molecular flexibility index (Phi) is 16.4. The molecule has 4 aliphatic heterocycles. The maximum absolute atomic E-state index is 9.41. The quantitative estimate of drug-likeness (QED) is 0.217. The first-order chi connectivity index (χ1) is 23.5. The molecule has 0 amide bonds. The Morgan fingerprint density at radius 3 is 0.700 bits per heavy atom. The van der Waals surface area contributed by atoms with Crippen LogP contribution in [0.4, 0.5) is 0 Å². The second-order valence-electron chi connectivity index (χ2n) is 10.2. The minimum Gasteiger partial charge on any atom is -0.507 e. The molecule has 0 fully saturated rings. The zero-order valence-corrected chi connectivity index (χ0v) is 33.5. The summed E-state index contributed by atoms with van der Waals surface area (Å²) in [7, 11) is 0. The second kappa shape index (κ2) is 20.7. The third kappa shape index (κ3) is 11.1. The molecule has 4 heterocycles. The number of phenolic OH excluding ortho intramolecular Hbond substituents is 4. The maximum atomic E-state index is 9.41. The number of hydrogen-bond donors (Lipinski definition) is 4. The van der Waals surface area contributed by atoms with Crippen molar-refractivity contribution in [3.63, 3.8) is 0 Å². The predicted octanol–water partition coefficient (Wildman–Crippen LogP) is 4.67. The van der Waals surface area contributed by atoms with E-state index >= 15 is 0 Å². The molecule has 8 rings (SSSR count). The first-order valence-corrected chi connectivity index (χ1v) is 15.3. The normalized spacial score (nSPS) is 14.9. The van der Waals surface area contributed by atoms with E-state index in [2.05, 4.69) is 20.0 Å². The molecule has 0 atom stereocenters. The predicted molar refractivity (Wildman–Crippen MR) is 182 cm³/mol. The molecule has 0 radical (unpaired) electrons. The van der Waals surface area contributed by atoms with E-state index in [0.29, 0.717) is 98.5 Å². The van der Waals surface area contributed by atoms with Crippen LogP contribution in [0.5, 0.6) is 23.0 Å². The van der Waals surface area contributed by atoms with E-state index in [1.54, 1.807) is 72.8 Å². The molecule has 0 aromatic heterocycles. The molecular formula is C36H36N4O8Zn2. The number of para-hydroxylation sites is 4. The van der Waals surface area contributed by atoms with Gasteiger partial charge in [0.1, 0.15) is 49.4 Å². The standard InChI is InChI=1S/4C9H9NO2.2Zn/c4*11-8-4-2-1-3-7(8)9-10-5-6-12-9;;/h4*1-4,11H,5-6H2;;. The minimum absolute atomic E-state index is 0. The Balaban J connectivity index is 0.000000178. The molecule has 4 aliphatic rings. The second-order valence-corrected chi connectivity index (χ2v) is 10.2. The summed E-state index contributed by atoms with van der Waals surface area (Å²) in [6, 6.07) is 28.1. The first kappa shape index (κ1) is 39.6. The van der Waals surface area contributed by atoms with E-state index in [9.17, 15) is 20.4 Å². The van der Waals surface area contributed by atoms with Gasteiger partial charge in [0.2, 0.25) is 23.6 Å². The summed E-state index contributed by atoms with van der Waals surface area (Å²) in [6.45, 7) is 5.20. The van der Waals surface area contributed by atoms with Gasteiger partial charge < -0.3 is 39.4 Å². The topological polar surface area (TPSA) is 167 Å². The van der Waals surface area contributed by atoms with Gasteiger partial charge in [0.15, 0.2) is 0 Å². The molecule has 0 unspecified atom stereocenters. The fourth-order valence-electron chi connectivity index (χ4n) is 4.61. The molecule has 0 saturated carbocycles. The number of aliphatic imine (C=N–C) groups is 4. The van der Waals surface area contributed by atoms with Gasteiger partial charge in [-0.1, -0.05) is 48.5 Å². The summed E-state index contributed by atoms with van der Waals surface area (Å²) in [5.74, 6) is 3.08. The van der Waals surface area contributed by atoms with Crippen molar-refractivity contribution in [3.8, 4) is 23.0 Å². The Bertz CT molecular complexity index is 1550. The van der Waals surface area contributed by atoms with E-state index in [4.69, 9.17) is 18.9 Å². The van der Waals surface area contributed by atoms with Crippen LogP contribution in [0, 0.1) is 0 Å². The van der Waals surface area contributed by atoms with Crippen LogP contribution in [-0.4, -0.2) is 96.6 Å². The van der Waals surface area contributed by atoms with Crippen molar-refractivity contribution in [2.75, 3.05) is 52.6 Å². The van der Waals surface area contributed by atoms with Crippen molar-refractivity contribution in [1.82, 2.24) is 0 Å². The van der Waals surface area contributed by atoms with Crippen LogP contribution in [0.3, 0.4) is 0 Å². The molecule has 12 nitrogen and oxygen atoms in total. The Hall–Kier alpha value is -4.79. The summed E-state index contributed by atoms with van der Waals surface area (Å²) in [4.78, 5) is 16.4. The first-order valence-electron chi connectivity index (χ1n) is 15.3. The fraction of sp³-hybridized carbons (Fsp3) is 0.222. The van der Waals surface area contributed by atoms with Crippen LogP contribution >= 0.6 is 0 Å². The number of hydrogen-bond acceptors (Lipinski definition) is 12. The molecule has 14 heteroatoms. The van der Waals surface area contributed by atoms with Crippen LogP contribution in [0.1, 0.15) is 22.3 Å². The molecule has 0 bridgehead atoms. The van der Waals surface area contributed by atoms with Crippen molar-refractivity contribution in [2.45, 2.75) is 0 Å². The van der Waals surface area contributed by atoms with Crippen molar-refractivity contribution in [3.05, 3.63) is 119 Å². The number of rotatable bonds is 4. The average molecular weight is 783 g/mol. The monoisotopic (exact) mass is 780 g/mol. The van der Waals surface area contributed by atoms with Crippen molar-refractivity contribution in [1.29, 1.82) is 0 Å². The van der Waals surface area contributed by atoms with E-state index in [-0.39, 0.29) is 62.0 Å². The van der Waals surface area contributed by atoms with Gasteiger partial charge >= 0.3 is 0 Å². The van der Waals surface area contributed by atoms with E-state index in [1.165, 1.54) is 0 Å². The Labute approximate surface area is 315 Å². The van der Waals surface area contributed by atoms with Crippen molar-refractivity contribution in [2.24, 2.45) is 20.0 Å². The fourth-order valence-corrected chi connectivity index (χ4v) is 4.61. The third-order valence-electron chi connectivity index (χ3n) is 6.88. The zero-order valence-electron chi connectivity index (χ0n) is 27.5. The number of phenols is 4. The average Bonchev–Trinajstić information content (AvgIpc) is 3.95. The molecule has 0 aliphatic carbocycles. The van der Waals surface area contributed by atoms with Gasteiger partial charge in [-0.15, -0.1) is 0 Å². The van der Waals surface area contributed by atoms with Gasteiger partial charge in [-0.25, -0.2) is 20.0 Å². The van der Waals surface area contributed by atoms with Crippen LogP contribution in [0.25, 0.3) is 0 Å². The molecule has 0 saturated heterocycles. The summed E-state index contributed by atoms with van der Waals surface area (Å²) in [6.07, 6.45) is 0. The van der Waals surface area contributed by atoms with Gasteiger partial charge in [0.25, 0.3) is 0 Å². The summed E-state index contributed by atoms with van der Waals surface area (Å²) in [5, 5.41) is 37.6. The summed E-state index contributed by atoms with van der Waals surface area (Å²) < 4.78 is 20.8. The SMILES string of the molecule is Oc1ccccc1C1=NCCO1.Oc1ccccc1C1=NCCO1.Oc1ccccc1C1=NCCO1.Oc1ccccc1C1=NCCO1.[Zn].[Zn]. The molecule has 4 aromatic carbocycles. The third-order valence-corrected chi connectivity index (χ3v) is 6.88. The minimum atomic E-state index is 0. The van der Waals surface area contributed by atoms with Gasteiger partial charge in [-0.05, 0) is 48.5 Å². The maximum Gasteiger partial charge on any atom is 0.220 e. The van der Waals surface area contributed by atoms with E-state index in [1.807, 2.05) is 24.3 Å². The van der Waals surface area contributed by atoms with Gasteiger partial charge in [-0.2, -0.15) is 0 Å². The van der Waals surface area contributed by atoms with Gasteiger partial charge in [-0.3, -0.25) is 0 Å². The molecule has 0 spiro atoms. The number of ether oxygens (including phenoxy) is 4. The number of benzene rings is 4. The van der Waals surface area contributed by atoms with Crippen molar-refractivity contribution < 1.29 is 78.3 Å².